The number of halogens is 2. The van der Waals surface area contributed by atoms with E-state index in [4.69, 9.17) is 13.3 Å². The molecule has 0 aromatic heterocycles. The summed E-state index contributed by atoms with van der Waals surface area (Å²) in [4.78, 5) is 0. The van der Waals surface area contributed by atoms with Gasteiger partial charge < -0.3 is 13.3 Å². The van der Waals surface area contributed by atoms with Crippen molar-refractivity contribution in [2.24, 2.45) is 0 Å². The molecule has 0 saturated heterocycles. The largest absolute Gasteiger partial charge is 0.505 e. The summed E-state index contributed by atoms with van der Waals surface area (Å²) in [5, 5.41) is 0. The van der Waals surface area contributed by atoms with Gasteiger partial charge in [-0.2, -0.15) is 0 Å². The Morgan fingerprint density at radius 1 is 0.895 bits per heavy atom. The zero-order chi connectivity index (χ0) is 14.3. The maximum Gasteiger partial charge on any atom is 0.505 e. The topological polar surface area (TPSA) is 27.7 Å². The van der Waals surface area contributed by atoms with Crippen LogP contribution in [0.3, 0.4) is 0 Å². The van der Waals surface area contributed by atoms with Crippen LogP contribution in [0, 0.1) is 11.6 Å². The Kier molecular flexibility index (Phi) is 6.57. The molecule has 0 fully saturated rings. The third-order valence-electron chi connectivity index (χ3n) is 2.55. The summed E-state index contributed by atoms with van der Waals surface area (Å²) in [7, 11) is -3.08. The molecular weight excluding hydrogens is 270 g/mol. The monoisotopic (exact) mass is 290 g/mol. The zero-order valence-corrected chi connectivity index (χ0v) is 12.5. The van der Waals surface area contributed by atoms with Crippen molar-refractivity contribution in [2.45, 2.75) is 26.8 Å². The summed E-state index contributed by atoms with van der Waals surface area (Å²) in [6.45, 7) is 6.54. The smallest absolute Gasteiger partial charge is 0.374 e. The Morgan fingerprint density at radius 3 is 1.68 bits per heavy atom. The first-order valence-corrected chi connectivity index (χ1v) is 8.36. The third-order valence-corrected chi connectivity index (χ3v) is 5.52. The third kappa shape index (κ3) is 4.34. The van der Waals surface area contributed by atoms with Gasteiger partial charge in [-0.05, 0) is 32.9 Å². The minimum atomic E-state index is -3.08. The quantitative estimate of drug-likeness (QED) is 0.689. The van der Waals surface area contributed by atoms with Gasteiger partial charge in [0, 0.05) is 31.4 Å². The standard InChI is InChI=1S/C13H20F2O3Si/c1-4-16-19(17-5-2,18-6-3)10-11-12(14)8-7-9-13(11)15/h7-9H,4-6,10H2,1-3H3. The highest BCUT2D eigenvalue weighted by Crippen LogP contribution is 2.21. The van der Waals surface area contributed by atoms with E-state index in [9.17, 15) is 8.78 Å². The SMILES string of the molecule is CCO[Si](Cc1c(F)cccc1F)(OCC)OCC. The molecule has 0 heterocycles. The fraction of sp³-hybridized carbons (Fsp3) is 0.538. The van der Waals surface area contributed by atoms with Crippen LogP contribution in [0.25, 0.3) is 0 Å². The van der Waals surface area contributed by atoms with Crippen molar-refractivity contribution < 1.29 is 22.1 Å². The van der Waals surface area contributed by atoms with Gasteiger partial charge in [-0.3, -0.25) is 0 Å². The molecule has 6 heteroatoms. The fourth-order valence-corrected chi connectivity index (χ4v) is 4.50. The molecule has 0 aliphatic heterocycles. The van der Waals surface area contributed by atoms with Crippen LogP contribution in [0.2, 0.25) is 0 Å². The molecule has 0 aliphatic carbocycles. The molecule has 1 aromatic carbocycles. The highest BCUT2D eigenvalue weighted by atomic mass is 28.4. The number of hydrogen-bond donors (Lipinski definition) is 0. The van der Waals surface area contributed by atoms with Crippen LogP contribution in [0.4, 0.5) is 8.78 Å². The summed E-state index contributed by atoms with van der Waals surface area (Å²) >= 11 is 0. The van der Waals surface area contributed by atoms with E-state index >= 15 is 0 Å². The lowest BCUT2D eigenvalue weighted by atomic mass is 10.2. The predicted molar refractivity (Wildman–Crippen MR) is 70.7 cm³/mol. The molecule has 0 saturated carbocycles. The first kappa shape index (κ1) is 16.2. The minimum absolute atomic E-state index is 0.00102. The lowest BCUT2D eigenvalue weighted by Gasteiger charge is -2.28. The zero-order valence-electron chi connectivity index (χ0n) is 11.5. The Labute approximate surface area is 113 Å². The normalized spacial score (nSPS) is 11.8. The number of benzene rings is 1. The van der Waals surface area contributed by atoms with Crippen molar-refractivity contribution >= 4 is 8.80 Å². The van der Waals surface area contributed by atoms with E-state index in [0.717, 1.165) is 0 Å². The molecule has 1 aromatic rings. The second-order valence-corrected chi connectivity index (χ2v) is 6.44. The molecule has 0 bridgehead atoms. The molecule has 0 spiro atoms. The van der Waals surface area contributed by atoms with Gasteiger partial charge in [0.1, 0.15) is 11.6 Å². The lowest BCUT2D eigenvalue weighted by Crippen LogP contribution is -2.49. The molecule has 0 radical (unpaired) electrons. The van der Waals surface area contributed by atoms with Crippen molar-refractivity contribution in [3.05, 3.63) is 35.4 Å². The number of hydrogen-bond acceptors (Lipinski definition) is 3. The summed E-state index contributed by atoms with van der Waals surface area (Å²) < 4.78 is 44.2. The van der Waals surface area contributed by atoms with Crippen LogP contribution in [-0.2, 0) is 19.3 Å². The van der Waals surface area contributed by atoms with E-state index in [0.29, 0.717) is 19.8 Å². The van der Waals surface area contributed by atoms with Gasteiger partial charge in [-0.25, -0.2) is 8.78 Å². The van der Waals surface area contributed by atoms with Crippen LogP contribution >= 0.6 is 0 Å². The van der Waals surface area contributed by atoms with Crippen molar-refractivity contribution in [3.63, 3.8) is 0 Å². The molecule has 0 N–H and O–H groups in total. The van der Waals surface area contributed by atoms with Gasteiger partial charge >= 0.3 is 8.80 Å². The summed E-state index contributed by atoms with van der Waals surface area (Å²) in [5.41, 5.74) is -0.0375. The highest BCUT2D eigenvalue weighted by molar-refractivity contribution is 6.60. The average Bonchev–Trinajstić information content (AvgIpc) is 2.35. The molecule has 1 rings (SSSR count). The summed E-state index contributed by atoms with van der Waals surface area (Å²) in [5.74, 6) is -1.20. The molecule has 0 amide bonds. The first-order chi connectivity index (χ1) is 9.08. The summed E-state index contributed by atoms with van der Waals surface area (Å²) in [6.07, 6.45) is 0. The van der Waals surface area contributed by atoms with E-state index < -0.39 is 20.4 Å². The summed E-state index contributed by atoms with van der Waals surface area (Å²) in [6, 6.07) is 3.78. The fourth-order valence-electron chi connectivity index (χ4n) is 1.86. The van der Waals surface area contributed by atoms with Gasteiger partial charge in [0.2, 0.25) is 0 Å². The van der Waals surface area contributed by atoms with E-state index in [1.807, 2.05) is 0 Å². The lowest BCUT2D eigenvalue weighted by molar-refractivity contribution is 0.0698. The molecule has 19 heavy (non-hydrogen) atoms. The second kappa shape index (κ2) is 7.69. The van der Waals surface area contributed by atoms with Crippen LogP contribution in [0.5, 0.6) is 0 Å². The maximum absolute atomic E-state index is 13.7. The predicted octanol–water partition coefficient (Wildman–Crippen LogP) is 3.09. The minimum Gasteiger partial charge on any atom is -0.374 e. The average molecular weight is 290 g/mol. The van der Waals surface area contributed by atoms with Crippen molar-refractivity contribution in [1.29, 1.82) is 0 Å². The molecule has 3 nitrogen and oxygen atoms in total. The van der Waals surface area contributed by atoms with E-state index in [2.05, 4.69) is 0 Å². The molecule has 0 aliphatic rings. The Hall–Kier alpha value is -0.823. The number of rotatable bonds is 8. The van der Waals surface area contributed by atoms with Gasteiger partial charge in [0.05, 0.1) is 0 Å². The molecule has 0 unspecified atom stereocenters. The van der Waals surface area contributed by atoms with Crippen molar-refractivity contribution in [2.75, 3.05) is 19.8 Å². The molecular formula is C13H20F2O3Si. The maximum atomic E-state index is 13.7. The second-order valence-electron chi connectivity index (χ2n) is 3.86. The van der Waals surface area contributed by atoms with Crippen LogP contribution in [0.1, 0.15) is 26.3 Å². The first-order valence-electron chi connectivity index (χ1n) is 6.43. The Morgan fingerprint density at radius 2 is 1.32 bits per heavy atom. The Balaban J connectivity index is 3.04. The van der Waals surface area contributed by atoms with Crippen LogP contribution < -0.4 is 0 Å². The van der Waals surface area contributed by atoms with E-state index in [1.54, 1.807) is 20.8 Å². The Bertz CT molecular complexity index is 364. The van der Waals surface area contributed by atoms with Crippen LogP contribution in [0.15, 0.2) is 18.2 Å². The van der Waals surface area contributed by atoms with Crippen LogP contribution in [-0.4, -0.2) is 28.6 Å². The van der Waals surface area contributed by atoms with Gasteiger partial charge in [0.15, 0.2) is 0 Å². The highest BCUT2D eigenvalue weighted by Gasteiger charge is 2.42. The molecule has 0 atom stereocenters. The van der Waals surface area contributed by atoms with Crippen molar-refractivity contribution in [3.8, 4) is 0 Å². The van der Waals surface area contributed by atoms with Crippen molar-refractivity contribution in [1.82, 2.24) is 0 Å². The van der Waals surface area contributed by atoms with E-state index in [1.165, 1.54) is 18.2 Å². The molecule has 108 valence electrons. The van der Waals surface area contributed by atoms with E-state index in [-0.39, 0.29) is 11.6 Å². The van der Waals surface area contributed by atoms with Gasteiger partial charge in [-0.1, -0.05) is 6.07 Å². The van der Waals surface area contributed by atoms with Gasteiger partial charge in [0.25, 0.3) is 0 Å². The van der Waals surface area contributed by atoms with Gasteiger partial charge in [-0.15, -0.1) is 0 Å².